The van der Waals surface area contributed by atoms with Crippen molar-refractivity contribution in [2.75, 3.05) is 0 Å². The lowest BCUT2D eigenvalue weighted by Gasteiger charge is -2.16. The Labute approximate surface area is 108 Å². The van der Waals surface area contributed by atoms with E-state index in [-0.39, 0.29) is 0 Å². The highest BCUT2D eigenvalue weighted by atomic mass is 19.1. The number of nitrogens with one attached hydrogen (secondary N) is 1. The van der Waals surface area contributed by atoms with Gasteiger partial charge in [0.05, 0.1) is 0 Å². The van der Waals surface area contributed by atoms with Crippen LogP contribution in [0.25, 0.3) is 0 Å². The zero-order valence-electron chi connectivity index (χ0n) is 10.3. The Bertz CT molecular complexity index is 691. The molecule has 0 amide bonds. The van der Waals surface area contributed by atoms with E-state index in [2.05, 4.69) is 0 Å². The van der Waals surface area contributed by atoms with Crippen LogP contribution in [0.3, 0.4) is 0 Å². The van der Waals surface area contributed by atoms with Gasteiger partial charge in [-0.15, -0.1) is 0 Å². The smallest absolute Gasteiger partial charge is 0.331 e. The Kier molecular flexibility index (Phi) is 3.50. The van der Waals surface area contributed by atoms with E-state index in [1.807, 2.05) is 35.3 Å². The molecule has 100 valence electrons. The minimum atomic E-state index is -1.35. The highest BCUT2D eigenvalue weighted by Crippen LogP contribution is 2.18. The number of hydrogen-bond donors (Lipinski definition) is 2. The number of benzene rings is 1. The lowest BCUT2D eigenvalue weighted by Crippen LogP contribution is -2.34. The molecule has 0 saturated carbocycles. The van der Waals surface area contributed by atoms with Gasteiger partial charge in [0.2, 0.25) is 11.7 Å². The summed E-state index contributed by atoms with van der Waals surface area (Å²) in [5.74, 6) is -2.28. The van der Waals surface area contributed by atoms with Crippen molar-refractivity contribution in [3.8, 4) is 5.88 Å². The summed E-state index contributed by atoms with van der Waals surface area (Å²) in [6, 6.07) is 8.79. The van der Waals surface area contributed by atoms with Gasteiger partial charge in [-0.3, -0.25) is 14.3 Å². The number of aromatic nitrogens is 2. The van der Waals surface area contributed by atoms with Crippen molar-refractivity contribution in [3.63, 3.8) is 0 Å². The number of nitrogens with zero attached hydrogens (tertiary/aromatic N) is 1. The fourth-order valence-corrected chi connectivity index (χ4v) is 1.97. The number of aromatic amines is 1. The van der Waals surface area contributed by atoms with Crippen molar-refractivity contribution in [1.29, 1.82) is 0 Å². The van der Waals surface area contributed by atoms with E-state index in [0.717, 1.165) is 10.1 Å². The molecule has 0 saturated heterocycles. The number of hydrogen-bond acceptors (Lipinski definition) is 3. The molecule has 0 spiro atoms. The highest BCUT2D eigenvalue weighted by Gasteiger charge is 2.18. The largest absolute Gasteiger partial charge is 0.492 e. The second-order valence-corrected chi connectivity index (χ2v) is 4.31. The van der Waals surface area contributed by atoms with Gasteiger partial charge in [0.1, 0.15) is 0 Å². The first-order valence-electron chi connectivity index (χ1n) is 5.78. The molecule has 2 N–H and O–H groups in total. The van der Waals surface area contributed by atoms with E-state index < -0.39 is 29.0 Å². The van der Waals surface area contributed by atoms with E-state index in [1.54, 1.807) is 6.92 Å². The van der Waals surface area contributed by atoms with Crippen LogP contribution in [-0.2, 0) is 6.42 Å². The van der Waals surface area contributed by atoms with Crippen molar-refractivity contribution < 1.29 is 9.50 Å². The van der Waals surface area contributed by atoms with Gasteiger partial charge in [0.25, 0.3) is 5.56 Å². The van der Waals surface area contributed by atoms with Crippen LogP contribution >= 0.6 is 0 Å². The fraction of sp³-hybridized carbons (Fsp3) is 0.231. The topological polar surface area (TPSA) is 75.1 Å². The summed E-state index contributed by atoms with van der Waals surface area (Å²) >= 11 is 0. The zero-order chi connectivity index (χ0) is 14.0. The van der Waals surface area contributed by atoms with Crippen LogP contribution in [0.1, 0.15) is 18.5 Å². The molecule has 0 aliphatic heterocycles. The summed E-state index contributed by atoms with van der Waals surface area (Å²) in [6.45, 7) is 1.66. The molecular formula is C13H13FN2O3. The second-order valence-electron chi connectivity index (χ2n) is 4.31. The molecule has 0 bridgehead atoms. The van der Waals surface area contributed by atoms with Gasteiger partial charge in [0.15, 0.2) is 0 Å². The van der Waals surface area contributed by atoms with Crippen molar-refractivity contribution in [2.45, 2.75) is 19.4 Å². The van der Waals surface area contributed by atoms with E-state index in [0.29, 0.717) is 6.42 Å². The monoisotopic (exact) mass is 264 g/mol. The molecule has 0 aliphatic carbocycles. The van der Waals surface area contributed by atoms with Crippen LogP contribution in [0.5, 0.6) is 5.88 Å². The van der Waals surface area contributed by atoms with E-state index >= 15 is 0 Å². The van der Waals surface area contributed by atoms with Crippen LogP contribution in [0.4, 0.5) is 4.39 Å². The van der Waals surface area contributed by atoms with Crippen molar-refractivity contribution in [1.82, 2.24) is 9.55 Å². The van der Waals surface area contributed by atoms with Crippen LogP contribution < -0.4 is 11.2 Å². The molecular weight excluding hydrogens is 251 g/mol. The summed E-state index contributed by atoms with van der Waals surface area (Å²) in [6.07, 6.45) is 0.430. The standard InChI is InChI=1S/C13H13FN2O3/c1-8(7-9-5-3-2-4-6-9)16-12(18)10(14)11(17)15-13(16)19/h2-6,8,18H,7H2,1H3,(H,15,17,19). The molecule has 1 aromatic carbocycles. The van der Waals surface area contributed by atoms with Gasteiger partial charge in [-0.1, -0.05) is 30.3 Å². The predicted molar refractivity (Wildman–Crippen MR) is 67.8 cm³/mol. The van der Waals surface area contributed by atoms with Crippen molar-refractivity contribution in [3.05, 3.63) is 62.6 Å². The minimum Gasteiger partial charge on any atom is -0.492 e. The Morgan fingerprint density at radius 3 is 2.58 bits per heavy atom. The molecule has 1 atom stereocenters. The number of aromatic hydroxyl groups is 1. The summed E-state index contributed by atoms with van der Waals surface area (Å²) in [4.78, 5) is 24.4. The van der Waals surface area contributed by atoms with Gasteiger partial charge in [-0.05, 0) is 18.9 Å². The molecule has 0 fully saturated rings. The average Bonchev–Trinajstić information content (AvgIpc) is 2.37. The van der Waals surface area contributed by atoms with Crippen LogP contribution in [0.2, 0.25) is 0 Å². The van der Waals surface area contributed by atoms with Crippen LogP contribution in [0.15, 0.2) is 39.9 Å². The second kappa shape index (κ2) is 5.09. The molecule has 0 radical (unpaired) electrons. The Morgan fingerprint density at radius 1 is 1.32 bits per heavy atom. The number of H-pyrrole nitrogens is 1. The van der Waals surface area contributed by atoms with Gasteiger partial charge < -0.3 is 5.11 Å². The molecule has 5 nitrogen and oxygen atoms in total. The first-order chi connectivity index (χ1) is 9.00. The average molecular weight is 264 g/mol. The van der Waals surface area contributed by atoms with Gasteiger partial charge >= 0.3 is 5.69 Å². The van der Waals surface area contributed by atoms with Gasteiger partial charge in [-0.2, -0.15) is 4.39 Å². The zero-order valence-corrected chi connectivity index (χ0v) is 10.3. The maximum atomic E-state index is 13.3. The molecule has 2 aromatic rings. The predicted octanol–water partition coefficient (Wildman–Crippen LogP) is 1.18. The van der Waals surface area contributed by atoms with E-state index in [4.69, 9.17) is 0 Å². The highest BCUT2D eigenvalue weighted by molar-refractivity contribution is 5.17. The van der Waals surface area contributed by atoms with E-state index in [1.165, 1.54) is 0 Å². The summed E-state index contributed by atoms with van der Waals surface area (Å²) in [5, 5.41) is 9.58. The molecule has 1 unspecified atom stereocenters. The Balaban J connectivity index is 2.40. The summed E-state index contributed by atoms with van der Waals surface area (Å²) in [7, 11) is 0. The van der Waals surface area contributed by atoms with Crippen LogP contribution in [-0.4, -0.2) is 14.7 Å². The van der Waals surface area contributed by atoms with Gasteiger partial charge in [0, 0.05) is 6.04 Å². The first-order valence-corrected chi connectivity index (χ1v) is 5.78. The normalized spacial score (nSPS) is 12.3. The molecule has 0 aliphatic rings. The maximum Gasteiger partial charge on any atom is 0.331 e. The third-order valence-electron chi connectivity index (χ3n) is 2.88. The summed E-state index contributed by atoms with van der Waals surface area (Å²) < 4.78 is 14.2. The quantitative estimate of drug-likeness (QED) is 0.874. The molecule has 6 heteroatoms. The Hall–Kier alpha value is -2.37. The molecule has 1 aromatic heterocycles. The fourth-order valence-electron chi connectivity index (χ4n) is 1.97. The van der Waals surface area contributed by atoms with Crippen molar-refractivity contribution >= 4 is 0 Å². The minimum absolute atomic E-state index is 0.430. The Morgan fingerprint density at radius 2 is 1.95 bits per heavy atom. The van der Waals surface area contributed by atoms with E-state index in [9.17, 15) is 19.1 Å². The van der Waals surface area contributed by atoms with Gasteiger partial charge in [-0.25, -0.2) is 4.79 Å². The maximum absolute atomic E-state index is 13.3. The third kappa shape index (κ3) is 2.57. The lowest BCUT2D eigenvalue weighted by molar-refractivity contribution is 0.337. The number of halogens is 1. The van der Waals surface area contributed by atoms with Crippen molar-refractivity contribution in [2.24, 2.45) is 0 Å². The SMILES string of the molecule is CC(Cc1ccccc1)n1c(O)c(F)c(=O)[nH]c1=O. The third-order valence-corrected chi connectivity index (χ3v) is 2.88. The lowest BCUT2D eigenvalue weighted by atomic mass is 10.1. The summed E-state index contributed by atoms with van der Waals surface area (Å²) in [5.41, 5.74) is -1.11. The number of rotatable bonds is 3. The molecule has 1 heterocycles. The molecule has 19 heavy (non-hydrogen) atoms. The first kappa shape index (κ1) is 13.1. The molecule has 2 rings (SSSR count). The van der Waals surface area contributed by atoms with Crippen LogP contribution in [0, 0.1) is 5.82 Å².